The zero-order valence-corrected chi connectivity index (χ0v) is 9.27. The smallest absolute Gasteiger partial charge is 0.142 e. The van der Waals surface area contributed by atoms with E-state index in [0.717, 1.165) is 5.69 Å². The Morgan fingerprint density at radius 3 is 2.36 bits per heavy atom. The van der Waals surface area contributed by atoms with Crippen LogP contribution in [0, 0.1) is 6.92 Å². The third-order valence-corrected chi connectivity index (χ3v) is 1.95. The van der Waals surface area contributed by atoms with Crippen molar-refractivity contribution >= 4 is 27.9 Å². The Morgan fingerprint density at radius 1 is 1.00 bits per heavy atom. The molecule has 0 spiro atoms. The number of hydrogen-bond acceptors (Lipinski definition) is 3. The fourth-order valence-electron chi connectivity index (χ4n) is 1.29. The lowest BCUT2D eigenvalue weighted by Gasteiger charge is -2.02. The van der Waals surface area contributed by atoms with Crippen LogP contribution in [-0.4, -0.2) is 15.2 Å². The van der Waals surface area contributed by atoms with Crippen molar-refractivity contribution in [2.45, 2.75) is 6.92 Å². The Bertz CT molecular complexity index is 471. The van der Waals surface area contributed by atoms with Crippen molar-refractivity contribution in [1.29, 1.82) is 0 Å². The molecule has 1 aromatic heterocycles. The van der Waals surface area contributed by atoms with Crippen LogP contribution in [0.4, 0.5) is 0 Å². The molecule has 3 nitrogen and oxygen atoms in total. The molecule has 74 valence electrons. The highest BCUT2D eigenvalue weighted by Gasteiger charge is 2.04. The van der Waals surface area contributed by atoms with Gasteiger partial charge < -0.3 is 10.2 Å². The summed E-state index contributed by atoms with van der Waals surface area (Å²) in [6.07, 6.45) is 0. The molecule has 0 saturated heterocycles. The Hall–Kier alpha value is -1.29. The second-order valence-electron chi connectivity index (χ2n) is 2.95. The van der Waals surface area contributed by atoms with Crippen molar-refractivity contribution in [1.82, 2.24) is 4.98 Å². The van der Waals surface area contributed by atoms with Gasteiger partial charge in [0.1, 0.15) is 17.0 Å². The highest BCUT2D eigenvalue weighted by atomic mass is 79.9. The summed E-state index contributed by atoms with van der Waals surface area (Å²) in [5.41, 5.74) is 1.26. The van der Waals surface area contributed by atoms with E-state index < -0.39 is 0 Å². The number of nitrogens with zero attached hydrogens (tertiary/aromatic N) is 1. The maximum absolute atomic E-state index is 9.45. The van der Waals surface area contributed by atoms with Gasteiger partial charge in [-0.15, -0.1) is 17.0 Å². The average Bonchev–Trinajstić information content (AvgIpc) is 2.12. The number of hydrogen-bond donors (Lipinski definition) is 2. The minimum Gasteiger partial charge on any atom is -0.507 e. The molecule has 0 bridgehead atoms. The van der Waals surface area contributed by atoms with E-state index in [9.17, 15) is 10.2 Å². The first kappa shape index (κ1) is 10.8. The molecule has 0 atom stereocenters. The highest BCUT2D eigenvalue weighted by molar-refractivity contribution is 8.93. The van der Waals surface area contributed by atoms with Gasteiger partial charge in [-0.1, -0.05) is 0 Å². The van der Waals surface area contributed by atoms with Crippen molar-refractivity contribution in [3.63, 3.8) is 0 Å². The van der Waals surface area contributed by atoms with Crippen molar-refractivity contribution in [2.24, 2.45) is 0 Å². The van der Waals surface area contributed by atoms with Crippen molar-refractivity contribution in [3.8, 4) is 11.5 Å². The van der Waals surface area contributed by atoms with Gasteiger partial charge in [-0.3, -0.25) is 0 Å². The Labute approximate surface area is 91.8 Å². The fourth-order valence-corrected chi connectivity index (χ4v) is 1.29. The molecule has 0 radical (unpaired) electrons. The van der Waals surface area contributed by atoms with E-state index in [1.54, 1.807) is 12.1 Å². The summed E-state index contributed by atoms with van der Waals surface area (Å²) in [4.78, 5) is 4.13. The third-order valence-electron chi connectivity index (χ3n) is 1.95. The molecule has 2 aromatic rings. The predicted octanol–water partition coefficient (Wildman–Crippen LogP) is 2.53. The topological polar surface area (TPSA) is 53.4 Å². The minimum absolute atomic E-state index is 0. The summed E-state index contributed by atoms with van der Waals surface area (Å²) in [6, 6.07) is 6.42. The highest BCUT2D eigenvalue weighted by Crippen LogP contribution is 2.29. The second kappa shape index (κ2) is 3.84. The van der Waals surface area contributed by atoms with Crippen LogP contribution in [0.5, 0.6) is 11.5 Å². The number of pyridine rings is 1. The van der Waals surface area contributed by atoms with Crippen LogP contribution in [0.25, 0.3) is 10.9 Å². The second-order valence-corrected chi connectivity index (χ2v) is 2.95. The predicted molar refractivity (Wildman–Crippen MR) is 60.1 cm³/mol. The van der Waals surface area contributed by atoms with Gasteiger partial charge in [0.2, 0.25) is 0 Å². The van der Waals surface area contributed by atoms with Crippen LogP contribution in [0.15, 0.2) is 24.3 Å². The van der Waals surface area contributed by atoms with Gasteiger partial charge in [0.15, 0.2) is 0 Å². The molecule has 0 saturated carbocycles. The summed E-state index contributed by atoms with van der Waals surface area (Å²) in [6.45, 7) is 1.84. The molecule has 4 heteroatoms. The lowest BCUT2D eigenvalue weighted by Crippen LogP contribution is -1.83. The van der Waals surface area contributed by atoms with Crippen LogP contribution in [0.3, 0.4) is 0 Å². The van der Waals surface area contributed by atoms with Gasteiger partial charge in [-0.05, 0) is 31.2 Å². The lowest BCUT2D eigenvalue weighted by atomic mass is 10.1. The first-order valence-corrected chi connectivity index (χ1v) is 3.97. The van der Waals surface area contributed by atoms with Gasteiger partial charge >= 0.3 is 0 Å². The van der Waals surface area contributed by atoms with Crippen molar-refractivity contribution in [3.05, 3.63) is 30.0 Å². The standard InChI is InChI=1S/C10H9NO2.BrH/c1-6-2-3-7-8(12)4-5-9(13)10(7)11-6;/h2-5,12-13H,1H3;1H. The van der Waals surface area contributed by atoms with Crippen LogP contribution >= 0.6 is 17.0 Å². The van der Waals surface area contributed by atoms with Crippen LogP contribution < -0.4 is 0 Å². The first-order valence-electron chi connectivity index (χ1n) is 3.97. The zero-order valence-electron chi connectivity index (χ0n) is 7.56. The maximum atomic E-state index is 9.45. The summed E-state index contributed by atoms with van der Waals surface area (Å²) >= 11 is 0. The largest absolute Gasteiger partial charge is 0.507 e. The van der Waals surface area contributed by atoms with Gasteiger partial charge in [-0.25, -0.2) is 4.98 Å². The molecule has 14 heavy (non-hydrogen) atoms. The summed E-state index contributed by atoms with van der Waals surface area (Å²) in [5.74, 6) is 0.233. The van der Waals surface area contributed by atoms with Crippen molar-refractivity contribution in [2.75, 3.05) is 0 Å². The van der Waals surface area contributed by atoms with Gasteiger partial charge in [0.25, 0.3) is 0 Å². The molecule has 0 aliphatic carbocycles. The molecule has 0 amide bonds. The molecular weight excluding hydrogens is 246 g/mol. The first-order chi connectivity index (χ1) is 6.18. The van der Waals surface area contributed by atoms with Crippen LogP contribution in [0.1, 0.15) is 5.69 Å². The average molecular weight is 256 g/mol. The number of phenols is 2. The molecule has 2 rings (SSSR count). The van der Waals surface area contributed by atoms with Gasteiger partial charge in [0.05, 0.1) is 0 Å². The van der Waals surface area contributed by atoms with E-state index in [0.29, 0.717) is 10.9 Å². The molecular formula is C10H10BrNO2. The summed E-state index contributed by atoms with van der Waals surface area (Å²) in [7, 11) is 0. The van der Waals surface area contributed by atoms with E-state index >= 15 is 0 Å². The molecule has 0 unspecified atom stereocenters. The van der Waals surface area contributed by atoms with Gasteiger partial charge in [-0.2, -0.15) is 0 Å². The summed E-state index contributed by atoms with van der Waals surface area (Å²) < 4.78 is 0. The number of rotatable bonds is 0. The van der Waals surface area contributed by atoms with E-state index in [1.165, 1.54) is 12.1 Å². The molecule has 0 aliphatic rings. The number of aromatic nitrogens is 1. The van der Waals surface area contributed by atoms with E-state index in [1.807, 2.05) is 6.92 Å². The van der Waals surface area contributed by atoms with E-state index in [4.69, 9.17) is 0 Å². The maximum Gasteiger partial charge on any atom is 0.142 e. The van der Waals surface area contributed by atoms with Crippen molar-refractivity contribution < 1.29 is 10.2 Å². The van der Waals surface area contributed by atoms with Crippen LogP contribution in [-0.2, 0) is 0 Å². The Kier molecular flexibility index (Phi) is 2.96. The van der Waals surface area contributed by atoms with Gasteiger partial charge in [0, 0.05) is 11.1 Å². The number of benzene rings is 1. The molecule has 0 aliphatic heterocycles. The number of halogens is 1. The normalized spacial score (nSPS) is 9.79. The Balaban J connectivity index is 0.000000980. The number of phenolic OH excluding ortho intramolecular Hbond substituents is 2. The molecule has 0 fully saturated rings. The molecule has 2 N–H and O–H groups in total. The molecule has 1 aromatic carbocycles. The zero-order chi connectivity index (χ0) is 9.42. The summed E-state index contributed by atoms with van der Waals surface area (Å²) in [5, 5.41) is 19.5. The fraction of sp³-hybridized carbons (Fsp3) is 0.100. The lowest BCUT2D eigenvalue weighted by molar-refractivity contribution is 0.468. The molecule has 1 heterocycles. The third kappa shape index (κ3) is 1.65. The minimum atomic E-state index is 0. The Morgan fingerprint density at radius 2 is 1.64 bits per heavy atom. The monoisotopic (exact) mass is 255 g/mol. The number of fused-ring (bicyclic) bond motifs is 1. The number of aryl methyl sites for hydroxylation is 1. The van der Waals surface area contributed by atoms with E-state index in [2.05, 4.69) is 4.98 Å². The van der Waals surface area contributed by atoms with Crippen LogP contribution in [0.2, 0.25) is 0 Å². The SMILES string of the molecule is Br.Cc1ccc2c(O)ccc(O)c2n1. The number of aromatic hydroxyl groups is 2. The quantitative estimate of drug-likeness (QED) is 0.712. The van der Waals surface area contributed by atoms with E-state index in [-0.39, 0.29) is 28.5 Å².